The molecule has 0 aromatic heterocycles. The van der Waals surface area contributed by atoms with Crippen LogP contribution in [0.4, 0.5) is 8.78 Å². The smallest absolute Gasteiger partial charge is 0.373 e. The maximum absolute atomic E-state index is 11.4. The minimum atomic E-state index is -3.03. The van der Waals surface area contributed by atoms with Crippen LogP contribution in [0, 0.1) is 0 Å². The Hall–Kier alpha value is -0.710. The van der Waals surface area contributed by atoms with Gasteiger partial charge < -0.3 is 9.47 Å². The number of halogens is 2. The quantitative estimate of drug-likeness (QED) is 0.450. The van der Waals surface area contributed by atoms with Crippen molar-refractivity contribution >= 4 is 5.97 Å². The summed E-state index contributed by atoms with van der Waals surface area (Å²) in [5.41, 5.74) is 0. The second-order valence-corrected chi connectivity index (χ2v) is 1.81. The van der Waals surface area contributed by atoms with E-state index >= 15 is 0 Å². The average molecular weight is 168 g/mol. The first kappa shape index (κ1) is 10.3. The molecule has 0 spiro atoms. The molecule has 0 aromatic rings. The number of esters is 1. The highest BCUT2D eigenvalue weighted by Gasteiger charge is 2.15. The average Bonchev–Trinajstić information content (AvgIpc) is 1.97. The van der Waals surface area contributed by atoms with Crippen molar-refractivity contribution in [2.75, 3.05) is 20.3 Å². The second kappa shape index (κ2) is 6.03. The molecule has 0 amide bonds. The van der Waals surface area contributed by atoms with Crippen molar-refractivity contribution in [1.29, 1.82) is 0 Å². The van der Waals surface area contributed by atoms with Crippen LogP contribution in [-0.2, 0) is 14.3 Å². The Morgan fingerprint density at radius 2 is 2.09 bits per heavy atom. The van der Waals surface area contributed by atoms with Crippen LogP contribution < -0.4 is 0 Å². The van der Waals surface area contributed by atoms with Gasteiger partial charge in [-0.05, 0) is 0 Å². The molecule has 0 aliphatic carbocycles. The second-order valence-electron chi connectivity index (χ2n) is 1.81. The highest BCUT2D eigenvalue weighted by atomic mass is 19.3. The molecule has 3 nitrogen and oxygen atoms in total. The Bertz CT molecular complexity index is 116. The maximum Gasteiger partial charge on any atom is 0.373 e. The predicted molar refractivity (Wildman–Crippen MR) is 33.5 cm³/mol. The monoisotopic (exact) mass is 168 g/mol. The molecule has 0 rings (SSSR count). The van der Waals surface area contributed by atoms with E-state index in [9.17, 15) is 13.6 Å². The molecule has 0 heterocycles. The molecule has 0 fully saturated rings. The molecule has 11 heavy (non-hydrogen) atoms. The number of rotatable bonds is 5. The molecule has 0 saturated carbocycles. The van der Waals surface area contributed by atoms with Crippen molar-refractivity contribution in [2.45, 2.75) is 12.8 Å². The summed E-state index contributed by atoms with van der Waals surface area (Å²) in [7, 11) is 1.48. The van der Waals surface area contributed by atoms with E-state index in [0.29, 0.717) is 13.0 Å². The fourth-order valence-corrected chi connectivity index (χ4v) is 0.439. The molecule has 0 unspecified atom stereocenters. The van der Waals surface area contributed by atoms with Gasteiger partial charge in [0.05, 0.1) is 6.61 Å². The Balaban J connectivity index is 3.18. The lowest BCUT2D eigenvalue weighted by molar-refractivity contribution is -0.156. The fourth-order valence-electron chi connectivity index (χ4n) is 0.439. The zero-order valence-electron chi connectivity index (χ0n) is 6.18. The van der Waals surface area contributed by atoms with Crippen molar-refractivity contribution < 1.29 is 23.0 Å². The summed E-state index contributed by atoms with van der Waals surface area (Å²) < 4.78 is 31.6. The van der Waals surface area contributed by atoms with E-state index < -0.39 is 12.4 Å². The van der Waals surface area contributed by atoms with Crippen LogP contribution in [0.25, 0.3) is 0 Å². The van der Waals surface area contributed by atoms with E-state index in [-0.39, 0.29) is 6.61 Å². The van der Waals surface area contributed by atoms with E-state index in [1.807, 2.05) is 0 Å². The van der Waals surface area contributed by atoms with Crippen LogP contribution in [0.5, 0.6) is 0 Å². The van der Waals surface area contributed by atoms with Crippen LogP contribution >= 0.6 is 0 Å². The Kier molecular flexibility index (Phi) is 5.64. The van der Waals surface area contributed by atoms with Crippen LogP contribution in [0.15, 0.2) is 0 Å². The molecule has 0 saturated heterocycles. The van der Waals surface area contributed by atoms with Gasteiger partial charge in [0, 0.05) is 20.1 Å². The van der Waals surface area contributed by atoms with Gasteiger partial charge in [0.1, 0.15) is 0 Å². The summed E-state index contributed by atoms with van der Waals surface area (Å²) in [5.74, 6) is -1.47. The van der Waals surface area contributed by atoms with Crippen LogP contribution in [-0.4, -0.2) is 32.7 Å². The zero-order valence-corrected chi connectivity index (χ0v) is 6.18. The molecule has 0 radical (unpaired) electrons. The topological polar surface area (TPSA) is 35.5 Å². The van der Waals surface area contributed by atoms with Gasteiger partial charge in [-0.15, -0.1) is 0 Å². The minimum Gasteiger partial charge on any atom is -0.461 e. The fraction of sp³-hybridized carbons (Fsp3) is 0.833. The minimum absolute atomic E-state index is 0.0169. The number of carbonyl (C=O) groups is 1. The van der Waals surface area contributed by atoms with Crippen LogP contribution in [0.1, 0.15) is 6.42 Å². The number of carbonyl (C=O) groups excluding carboxylic acids is 1. The third-order valence-corrected chi connectivity index (χ3v) is 0.915. The van der Waals surface area contributed by atoms with E-state index in [0.717, 1.165) is 0 Å². The lowest BCUT2D eigenvalue weighted by Crippen LogP contribution is -2.15. The van der Waals surface area contributed by atoms with Crippen LogP contribution in [0.3, 0.4) is 0 Å². The number of hydrogen-bond donors (Lipinski definition) is 0. The molecule has 5 heteroatoms. The molecule has 0 aromatic carbocycles. The van der Waals surface area contributed by atoms with Gasteiger partial charge in [0.25, 0.3) is 0 Å². The summed E-state index contributed by atoms with van der Waals surface area (Å²) in [5, 5.41) is 0. The summed E-state index contributed by atoms with van der Waals surface area (Å²) in [6.45, 7) is 0.382. The van der Waals surface area contributed by atoms with Crippen molar-refractivity contribution in [1.82, 2.24) is 0 Å². The van der Waals surface area contributed by atoms with Gasteiger partial charge in [-0.2, -0.15) is 8.78 Å². The highest BCUT2D eigenvalue weighted by molar-refractivity contribution is 5.72. The van der Waals surface area contributed by atoms with Gasteiger partial charge in [-0.1, -0.05) is 0 Å². The molecule has 0 atom stereocenters. The summed E-state index contributed by atoms with van der Waals surface area (Å²) in [6, 6.07) is 0. The summed E-state index contributed by atoms with van der Waals surface area (Å²) in [6.07, 6.45) is -2.59. The predicted octanol–water partition coefficient (Wildman–Crippen LogP) is 0.831. The first-order valence-electron chi connectivity index (χ1n) is 3.12. The van der Waals surface area contributed by atoms with E-state index in [1.165, 1.54) is 7.11 Å². The molecule has 66 valence electrons. The Labute approximate surface area is 63.3 Å². The van der Waals surface area contributed by atoms with Crippen molar-refractivity contribution in [3.8, 4) is 0 Å². The SMILES string of the molecule is COCCCOC(=O)C(F)F. The van der Waals surface area contributed by atoms with Gasteiger partial charge in [-0.25, -0.2) is 4.79 Å². The third kappa shape index (κ3) is 5.72. The molecule has 0 aliphatic rings. The normalized spacial score (nSPS) is 10.2. The van der Waals surface area contributed by atoms with Gasteiger partial charge >= 0.3 is 12.4 Å². The van der Waals surface area contributed by atoms with Gasteiger partial charge in [0.2, 0.25) is 0 Å². The van der Waals surface area contributed by atoms with Gasteiger partial charge in [-0.3, -0.25) is 0 Å². The molecule has 0 bridgehead atoms. The third-order valence-electron chi connectivity index (χ3n) is 0.915. The number of alkyl halides is 2. The summed E-state index contributed by atoms with van der Waals surface area (Å²) >= 11 is 0. The zero-order chi connectivity index (χ0) is 8.69. The summed E-state index contributed by atoms with van der Waals surface area (Å²) in [4.78, 5) is 10.1. The van der Waals surface area contributed by atoms with Crippen LogP contribution in [0.2, 0.25) is 0 Å². The van der Waals surface area contributed by atoms with Crippen molar-refractivity contribution in [2.24, 2.45) is 0 Å². The first-order chi connectivity index (χ1) is 5.18. The standard InChI is InChI=1S/C6H10F2O3/c1-10-3-2-4-11-6(9)5(7)8/h5H,2-4H2,1H3. The van der Waals surface area contributed by atoms with E-state index in [4.69, 9.17) is 0 Å². The number of methoxy groups -OCH3 is 1. The van der Waals surface area contributed by atoms with Crippen molar-refractivity contribution in [3.63, 3.8) is 0 Å². The molecule has 0 N–H and O–H groups in total. The highest BCUT2D eigenvalue weighted by Crippen LogP contribution is 1.96. The molecular formula is C6H10F2O3. The largest absolute Gasteiger partial charge is 0.461 e. The Morgan fingerprint density at radius 1 is 1.45 bits per heavy atom. The first-order valence-corrected chi connectivity index (χ1v) is 3.12. The number of ether oxygens (including phenoxy) is 2. The lowest BCUT2D eigenvalue weighted by Gasteiger charge is -2.02. The molecule has 0 aliphatic heterocycles. The maximum atomic E-state index is 11.4. The number of hydrogen-bond acceptors (Lipinski definition) is 3. The lowest BCUT2D eigenvalue weighted by atomic mass is 10.5. The van der Waals surface area contributed by atoms with E-state index in [2.05, 4.69) is 9.47 Å². The Morgan fingerprint density at radius 3 is 2.55 bits per heavy atom. The molecular weight excluding hydrogens is 158 g/mol. The van der Waals surface area contributed by atoms with Crippen molar-refractivity contribution in [3.05, 3.63) is 0 Å². The van der Waals surface area contributed by atoms with E-state index in [1.54, 1.807) is 0 Å². The van der Waals surface area contributed by atoms with Gasteiger partial charge in [0.15, 0.2) is 0 Å².